The minimum Gasteiger partial charge on any atom is -0.354 e. The lowest BCUT2D eigenvalue weighted by atomic mass is 10.1. The van der Waals surface area contributed by atoms with Gasteiger partial charge in [-0.25, -0.2) is 13.1 Å². The molecule has 1 aromatic carbocycles. The molecule has 1 rings (SSSR count). The third-order valence-electron chi connectivity index (χ3n) is 2.99. The number of aliphatic imine (C=N–C) groups is 1. The molecule has 124 valence electrons. The second-order valence-electron chi connectivity index (χ2n) is 6.00. The third kappa shape index (κ3) is 6.91. The van der Waals surface area contributed by atoms with Crippen molar-refractivity contribution in [2.75, 3.05) is 26.9 Å². The maximum absolute atomic E-state index is 11.4. The maximum atomic E-state index is 11.4. The summed E-state index contributed by atoms with van der Waals surface area (Å²) in [6, 6.07) is 10.1. The molecule has 0 fully saturated rings. The van der Waals surface area contributed by atoms with Gasteiger partial charge in [-0.05, 0) is 19.4 Å². The van der Waals surface area contributed by atoms with E-state index in [1.807, 2.05) is 44.0 Å². The Bertz CT molecular complexity index is 597. The molecule has 0 spiro atoms. The largest absolute Gasteiger partial charge is 0.354 e. The van der Waals surface area contributed by atoms with Crippen LogP contribution in [0.25, 0.3) is 0 Å². The molecule has 0 aliphatic heterocycles. The van der Waals surface area contributed by atoms with Gasteiger partial charge in [0.1, 0.15) is 0 Å². The van der Waals surface area contributed by atoms with Crippen molar-refractivity contribution in [1.29, 1.82) is 0 Å². The molecule has 0 aromatic heterocycles. The molecule has 2 N–H and O–H groups in total. The highest BCUT2D eigenvalue weighted by Crippen LogP contribution is 2.05. The first-order chi connectivity index (χ1) is 10.1. The summed E-state index contributed by atoms with van der Waals surface area (Å²) in [5.74, 6) is 0.715. The number of sulfonamides is 1. The van der Waals surface area contributed by atoms with E-state index in [9.17, 15) is 8.42 Å². The Morgan fingerprint density at radius 3 is 2.36 bits per heavy atom. The maximum Gasteiger partial charge on any atom is 0.209 e. The number of rotatable bonds is 6. The number of nitrogens with one attached hydrogen (secondary N) is 2. The number of hydrogen-bond acceptors (Lipinski definition) is 3. The summed E-state index contributed by atoms with van der Waals surface area (Å²) in [5.41, 5.74) is 0.582. The minimum absolute atomic E-state index is 0.436. The van der Waals surface area contributed by atoms with Crippen molar-refractivity contribution in [2.45, 2.75) is 25.9 Å². The SMILES string of the molecule is CN=C(NCC(C)(C)NS(C)(=O)=O)N(C)Cc1ccccc1. The van der Waals surface area contributed by atoms with Gasteiger partial charge in [-0.3, -0.25) is 4.99 Å². The molecule has 0 unspecified atom stereocenters. The zero-order valence-corrected chi connectivity index (χ0v) is 14.7. The molecule has 0 radical (unpaired) electrons. The third-order valence-corrected chi connectivity index (χ3v) is 3.91. The van der Waals surface area contributed by atoms with E-state index in [1.165, 1.54) is 5.56 Å². The van der Waals surface area contributed by atoms with Crippen LogP contribution in [0, 0.1) is 0 Å². The predicted molar refractivity (Wildman–Crippen MR) is 91.3 cm³/mol. The zero-order chi connectivity index (χ0) is 16.8. The van der Waals surface area contributed by atoms with Crippen LogP contribution < -0.4 is 10.0 Å². The molecular formula is C15H26N4O2S. The second kappa shape index (κ2) is 7.60. The first-order valence-electron chi connectivity index (χ1n) is 7.07. The summed E-state index contributed by atoms with van der Waals surface area (Å²) in [6.45, 7) is 4.81. The molecule has 1 aromatic rings. The molecule has 6 nitrogen and oxygen atoms in total. The van der Waals surface area contributed by atoms with Gasteiger partial charge < -0.3 is 10.2 Å². The van der Waals surface area contributed by atoms with Crippen LogP contribution in [0.4, 0.5) is 0 Å². The van der Waals surface area contributed by atoms with E-state index in [1.54, 1.807) is 7.05 Å². The van der Waals surface area contributed by atoms with Crippen LogP contribution in [0.3, 0.4) is 0 Å². The fraction of sp³-hybridized carbons (Fsp3) is 0.533. The lowest BCUT2D eigenvalue weighted by molar-refractivity contribution is 0.422. The predicted octanol–water partition coefficient (Wildman–Crippen LogP) is 1.02. The van der Waals surface area contributed by atoms with E-state index < -0.39 is 15.6 Å². The van der Waals surface area contributed by atoms with Gasteiger partial charge in [0.2, 0.25) is 10.0 Å². The van der Waals surface area contributed by atoms with E-state index in [4.69, 9.17) is 0 Å². The van der Waals surface area contributed by atoms with Gasteiger partial charge in [-0.2, -0.15) is 0 Å². The van der Waals surface area contributed by atoms with Crippen LogP contribution in [0.1, 0.15) is 19.4 Å². The lowest BCUT2D eigenvalue weighted by Crippen LogP contribution is -2.53. The number of hydrogen-bond donors (Lipinski definition) is 2. The number of guanidine groups is 1. The van der Waals surface area contributed by atoms with Crippen molar-refractivity contribution < 1.29 is 8.42 Å². The summed E-state index contributed by atoms with van der Waals surface area (Å²) in [5, 5.41) is 3.20. The minimum atomic E-state index is -3.25. The molecule has 0 saturated heterocycles. The van der Waals surface area contributed by atoms with Gasteiger partial charge in [-0.1, -0.05) is 30.3 Å². The fourth-order valence-corrected chi connectivity index (χ4v) is 3.23. The van der Waals surface area contributed by atoms with Crippen molar-refractivity contribution in [3.8, 4) is 0 Å². The van der Waals surface area contributed by atoms with Crippen molar-refractivity contribution in [3.05, 3.63) is 35.9 Å². The Hall–Kier alpha value is -1.60. The highest BCUT2D eigenvalue weighted by atomic mass is 32.2. The van der Waals surface area contributed by atoms with Crippen LogP contribution >= 0.6 is 0 Å². The molecule has 0 heterocycles. The molecule has 7 heteroatoms. The van der Waals surface area contributed by atoms with Gasteiger partial charge in [0.05, 0.1) is 6.26 Å². The summed E-state index contributed by atoms with van der Waals surface area (Å²) in [6.07, 6.45) is 1.16. The van der Waals surface area contributed by atoms with Gasteiger partial charge >= 0.3 is 0 Å². The average Bonchev–Trinajstić information content (AvgIpc) is 2.37. The smallest absolute Gasteiger partial charge is 0.209 e. The summed E-state index contributed by atoms with van der Waals surface area (Å²) in [4.78, 5) is 6.23. The summed E-state index contributed by atoms with van der Waals surface area (Å²) in [7, 11) is 0.404. The molecule has 0 atom stereocenters. The first kappa shape index (κ1) is 18.4. The van der Waals surface area contributed by atoms with Gasteiger partial charge in [0, 0.05) is 32.7 Å². The monoisotopic (exact) mass is 326 g/mol. The van der Waals surface area contributed by atoms with E-state index in [-0.39, 0.29) is 0 Å². The van der Waals surface area contributed by atoms with Crippen LogP contribution in [-0.2, 0) is 16.6 Å². The Balaban J connectivity index is 2.62. The quantitative estimate of drug-likeness (QED) is 0.605. The number of benzene rings is 1. The molecule has 22 heavy (non-hydrogen) atoms. The molecule has 0 aliphatic rings. The lowest BCUT2D eigenvalue weighted by Gasteiger charge is -2.29. The Morgan fingerprint density at radius 2 is 1.86 bits per heavy atom. The topological polar surface area (TPSA) is 73.8 Å². The Morgan fingerprint density at radius 1 is 1.27 bits per heavy atom. The van der Waals surface area contributed by atoms with Crippen molar-refractivity contribution in [1.82, 2.24) is 14.9 Å². The van der Waals surface area contributed by atoms with Crippen molar-refractivity contribution >= 4 is 16.0 Å². The Kier molecular flexibility index (Phi) is 6.37. The van der Waals surface area contributed by atoms with E-state index in [0.29, 0.717) is 12.5 Å². The summed E-state index contributed by atoms with van der Waals surface area (Å²) < 4.78 is 25.3. The first-order valence-corrected chi connectivity index (χ1v) is 8.97. The molecule has 0 amide bonds. The van der Waals surface area contributed by atoms with E-state index in [2.05, 4.69) is 27.2 Å². The van der Waals surface area contributed by atoms with Crippen molar-refractivity contribution in [3.63, 3.8) is 0 Å². The van der Waals surface area contributed by atoms with Gasteiger partial charge in [0.25, 0.3) is 0 Å². The molecule has 0 bridgehead atoms. The van der Waals surface area contributed by atoms with Gasteiger partial charge in [-0.15, -0.1) is 0 Å². The Labute approximate surface area is 133 Å². The van der Waals surface area contributed by atoms with Crippen LogP contribution in [0.5, 0.6) is 0 Å². The standard InChI is InChI=1S/C15H26N4O2S/c1-15(2,18-22(5,20)21)12-17-14(16-3)19(4)11-13-9-7-6-8-10-13/h6-10,18H,11-12H2,1-5H3,(H,16,17). The highest BCUT2D eigenvalue weighted by molar-refractivity contribution is 7.88. The van der Waals surface area contributed by atoms with Gasteiger partial charge in [0.15, 0.2) is 5.96 Å². The molecule has 0 saturated carbocycles. The van der Waals surface area contributed by atoms with E-state index in [0.717, 1.165) is 12.8 Å². The summed E-state index contributed by atoms with van der Waals surface area (Å²) >= 11 is 0. The van der Waals surface area contributed by atoms with Crippen molar-refractivity contribution in [2.24, 2.45) is 4.99 Å². The molecular weight excluding hydrogens is 300 g/mol. The van der Waals surface area contributed by atoms with Crippen LogP contribution in [-0.4, -0.2) is 51.7 Å². The fourth-order valence-electron chi connectivity index (χ4n) is 2.15. The highest BCUT2D eigenvalue weighted by Gasteiger charge is 2.22. The van der Waals surface area contributed by atoms with E-state index >= 15 is 0 Å². The zero-order valence-electron chi connectivity index (χ0n) is 13.9. The normalized spacial score (nSPS) is 13.0. The molecule has 0 aliphatic carbocycles. The second-order valence-corrected chi connectivity index (χ2v) is 7.75. The number of nitrogens with zero attached hydrogens (tertiary/aromatic N) is 2. The van der Waals surface area contributed by atoms with Crippen LogP contribution in [0.15, 0.2) is 35.3 Å². The van der Waals surface area contributed by atoms with Crippen LogP contribution in [0.2, 0.25) is 0 Å². The average molecular weight is 326 g/mol.